The predicted molar refractivity (Wildman–Crippen MR) is 90.7 cm³/mol. The summed E-state index contributed by atoms with van der Waals surface area (Å²) in [6.45, 7) is 3.97. The molecule has 0 aliphatic carbocycles. The van der Waals surface area contributed by atoms with Gasteiger partial charge in [0.25, 0.3) is 0 Å². The van der Waals surface area contributed by atoms with Gasteiger partial charge in [-0.05, 0) is 18.6 Å². The zero-order chi connectivity index (χ0) is 17.0. The molecule has 2 aromatic heterocycles. The molecule has 2 aromatic rings. The van der Waals surface area contributed by atoms with Gasteiger partial charge in [-0.1, -0.05) is 6.92 Å². The van der Waals surface area contributed by atoms with E-state index in [1.54, 1.807) is 29.0 Å². The Morgan fingerprint density at radius 1 is 1.25 bits per heavy atom. The van der Waals surface area contributed by atoms with Crippen LogP contribution in [0.1, 0.15) is 19.0 Å². The van der Waals surface area contributed by atoms with Gasteiger partial charge in [0.05, 0.1) is 18.0 Å². The van der Waals surface area contributed by atoms with Gasteiger partial charge in [0.15, 0.2) is 0 Å². The van der Waals surface area contributed by atoms with Crippen LogP contribution in [0.25, 0.3) is 0 Å². The summed E-state index contributed by atoms with van der Waals surface area (Å²) in [4.78, 5) is 8.28. The van der Waals surface area contributed by atoms with Crippen molar-refractivity contribution in [2.24, 2.45) is 5.92 Å². The Morgan fingerprint density at radius 2 is 2.04 bits per heavy atom. The SMILES string of the molecule is CCCS(=O)(=O)N1Cc2ccnn2CC(CNc2ncccn2)C1. The second-order valence-electron chi connectivity index (χ2n) is 5.93. The first-order valence-electron chi connectivity index (χ1n) is 8.08. The molecule has 1 aliphatic heterocycles. The zero-order valence-electron chi connectivity index (χ0n) is 13.7. The van der Waals surface area contributed by atoms with E-state index in [1.807, 2.05) is 17.7 Å². The topological polar surface area (TPSA) is 93.0 Å². The van der Waals surface area contributed by atoms with Crippen LogP contribution in [-0.2, 0) is 23.1 Å². The molecule has 0 amide bonds. The summed E-state index contributed by atoms with van der Waals surface area (Å²) >= 11 is 0. The third-order valence-corrected chi connectivity index (χ3v) is 6.00. The predicted octanol–water partition coefficient (Wildman–Crippen LogP) is 0.957. The van der Waals surface area contributed by atoms with Crippen molar-refractivity contribution in [3.8, 4) is 0 Å². The van der Waals surface area contributed by atoms with Gasteiger partial charge in [-0.3, -0.25) is 4.68 Å². The van der Waals surface area contributed by atoms with E-state index in [0.29, 0.717) is 38.5 Å². The van der Waals surface area contributed by atoms with Gasteiger partial charge in [-0.2, -0.15) is 9.40 Å². The Morgan fingerprint density at radius 3 is 2.79 bits per heavy atom. The molecule has 1 N–H and O–H groups in total. The summed E-state index contributed by atoms with van der Waals surface area (Å²) in [5.41, 5.74) is 0.924. The van der Waals surface area contributed by atoms with Crippen molar-refractivity contribution >= 4 is 16.0 Å². The first-order valence-corrected chi connectivity index (χ1v) is 9.69. The van der Waals surface area contributed by atoms with Crippen molar-refractivity contribution in [2.75, 3.05) is 24.2 Å². The number of sulfonamides is 1. The number of hydrogen-bond acceptors (Lipinski definition) is 6. The Bertz CT molecular complexity index is 761. The average Bonchev–Trinajstić information content (AvgIpc) is 2.91. The number of fused-ring (bicyclic) bond motifs is 1. The molecule has 0 saturated heterocycles. The van der Waals surface area contributed by atoms with E-state index in [1.165, 1.54) is 0 Å². The fraction of sp³-hybridized carbons (Fsp3) is 0.533. The smallest absolute Gasteiger partial charge is 0.222 e. The minimum atomic E-state index is -3.26. The molecule has 0 bridgehead atoms. The Balaban J connectivity index is 1.76. The highest BCUT2D eigenvalue weighted by Gasteiger charge is 2.29. The van der Waals surface area contributed by atoms with Gasteiger partial charge in [0, 0.05) is 44.1 Å². The third-order valence-electron chi connectivity index (χ3n) is 4.01. The third kappa shape index (κ3) is 3.90. The van der Waals surface area contributed by atoms with Gasteiger partial charge in [0.2, 0.25) is 16.0 Å². The van der Waals surface area contributed by atoms with Crippen LogP contribution < -0.4 is 5.32 Å². The van der Waals surface area contributed by atoms with E-state index in [9.17, 15) is 8.42 Å². The number of anilines is 1. The maximum Gasteiger partial charge on any atom is 0.222 e. The molecular weight excluding hydrogens is 328 g/mol. The average molecular weight is 350 g/mol. The Kier molecular flexibility index (Phi) is 5.10. The van der Waals surface area contributed by atoms with Gasteiger partial charge in [-0.15, -0.1) is 0 Å². The quantitative estimate of drug-likeness (QED) is 0.834. The monoisotopic (exact) mass is 350 g/mol. The van der Waals surface area contributed by atoms with Gasteiger partial charge in [-0.25, -0.2) is 18.4 Å². The molecule has 0 radical (unpaired) electrons. The second kappa shape index (κ2) is 7.27. The first kappa shape index (κ1) is 16.8. The highest BCUT2D eigenvalue weighted by Crippen LogP contribution is 2.19. The molecule has 1 aliphatic rings. The minimum Gasteiger partial charge on any atom is -0.354 e. The molecule has 8 nitrogen and oxygen atoms in total. The summed E-state index contributed by atoms with van der Waals surface area (Å²) < 4.78 is 28.5. The maximum absolute atomic E-state index is 12.5. The minimum absolute atomic E-state index is 0.0848. The normalized spacial score (nSPS) is 18.8. The number of hydrogen-bond donors (Lipinski definition) is 1. The van der Waals surface area contributed by atoms with E-state index in [0.717, 1.165) is 5.69 Å². The van der Waals surface area contributed by atoms with Crippen LogP contribution in [0, 0.1) is 5.92 Å². The second-order valence-corrected chi connectivity index (χ2v) is 8.02. The van der Waals surface area contributed by atoms with Gasteiger partial charge in [0.1, 0.15) is 0 Å². The molecule has 0 saturated carbocycles. The maximum atomic E-state index is 12.5. The van der Waals surface area contributed by atoms with Crippen LogP contribution in [0.4, 0.5) is 5.95 Å². The number of rotatable bonds is 6. The number of aromatic nitrogens is 4. The molecule has 3 rings (SSSR count). The molecular formula is C15H22N6O2S. The van der Waals surface area contributed by atoms with Crippen molar-refractivity contribution in [3.63, 3.8) is 0 Å². The molecule has 9 heteroatoms. The number of nitrogens with one attached hydrogen (secondary N) is 1. The Labute approximate surface area is 142 Å². The highest BCUT2D eigenvalue weighted by atomic mass is 32.2. The summed E-state index contributed by atoms with van der Waals surface area (Å²) in [7, 11) is -3.26. The fourth-order valence-electron chi connectivity index (χ4n) is 2.85. The van der Waals surface area contributed by atoms with Crippen LogP contribution in [0.5, 0.6) is 0 Å². The van der Waals surface area contributed by atoms with E-state index in [4.69, 9.17) is 0 Å². The van der Waals surface area contributed by atoms with Gasteiger partial charge < -0.3 is 5.32 Å². The summed E-state index contributed by atoms with van der Waals surface area (Å²) in [6.07, 6.45) is 5.67. The van der Waals surface area contributed by atoms with Crippen LogP contribution in [0.3, 0.4) is 0 Å². The van der Waals surface area contributed by atoms with Crippen LogP contribution in [0.15, 0.2) is 30.7 Å². The summed E-state index contributed by atoms with van der Waals surface area (Å²) in [5, 5.41) is 7.50. The van der Waals surface area contributed by atoms with Gasteiger partial charge >= 0.3 is 0 Å². The highest BCUT2D eigenvalue weighted by molar-refractivity contribution is 7.89. The van der Waals surface area contributed by atoms with Crippen molar-refractivity contribution in [2.45, 2.75) is 26.4 Å². The van der Waals surface area contributed by atoms with Crippen molar-refractivity contribution < 1.29 is 8.42 Å². The fourth-order valence-corrected chi connectivity index (χ4v) is 4.39. The van der Waals surface area contributed by atoms with Crippen LogP contribution in [-0.4, -0.2) is 51.3 Å². The number of nitrogens with zero attached hydrogens (tertiary/aromatic N) is 5. The standard InChI is InChI=1S/C15H22N6O2S/c1-2-8-24(22,23)20-10-13(9-18-15-16-5-3-6-17-15)11-21-14(12-20)4-7-19-21/h3-7,13H,2,8-12H2,1H3,(H,16,17,18). The van der Waals surface area contributed by atoms with E-state index in [-0.39, 0.29) is 11.7 Å². The lowest BCUT2D eigenvalue weighted by Crippen LogP contribution is -2.37. The van der Waals surface area contributed by atoms with Crippen molar-refractivity contribution in [1.82, 2.24) is 24.1 Å². The molecule has 3 heterocycles. The largest absolute Gasteiger partial charge is 0.354 e. The van der Waals surface area contributed by atoms with Crippen LogP contribution >= 0.6 is 0 Å². The van der Waals surface area contributed by atoms with Crippen molar-refractivity contribution in [1.29, 1.82) is 0 Å². The van der Waals surface area contributed by atoms with E-state index >= 15 is 0 Å². The lowest BCUT2D eigenvalue weighted by molar-refractivity contribution is 0.345. The summed E-state index contributed by atoms with van der Waals surface area (Å²) in [5.74, 6) is 0.801. The molecule has 130 valence electrons. The van der Waals surface area contributed by atoms with E-state index < -0.39 is 10.0 Å². The molecule has 0 aromatic carbocycles. The molecule has 1 atom stereocenters. The zero-order valence-corrected chi connectivity index (χ0v) is 14.5. The lowest BCUT2D eigenvalue weighted by Gasteiger charge is -2.23. The molecule has 0 fully saturated rings. The molecule has 24 heavy (non-hydrogen) atoms. The lowest BCUT2D eigenvalue weighted by atomic mass is 10.1. The first-order chi connectivity index (χ1) is 11.6. The van der Waals surface area contributed by atoms with Crippen molar-refractivity contribution in [3.05, 3.63) is 36.4 Å². The van der Waals surface area contributed by atoms with E-state index in [2.05, 4.69) is 20.4 Å². The van der Waals surface area contributed by atoms with Crippen LogP contribution in [0.2, 0.25) is 0 Å². The summed E-state index contributed by atoms with van der Waals surface area (Å²) in [6, 6.07) is 3.64. The molecule has 1 unspecified atom stereocenters. The molecule has 0 spiro atoms. The Hall–Kier alpha value is -2.00.